The molecular weight excluding hydrogens is 1200 g/mol. The van der Waals surface area contributed by atoms with Crippen LogP contribution in [0.4, 0.5) is 4.79 Å². The molecule has 91 heavy (non-hydrogen) atoms. The monoisotopic (exact) mass is 1290 g/mol. The van der Waals surface area contributed by atoms with Crippen molar-refractivity contribution in [3.05, 3.63) is 77.6 Å². The number of fused-ring (bicyclic) bond motifs is 3. The first kappa shape index (κ1) is 72.4. The Morgan fingerprint density at radius 1 is 0.659 bits per heavy atom. The van der Waals surface area contributed by atoms with Crippen LogP contribution in [0.3, 0.4) is 0 Å². The maximum atomic E-state index is 14.9. The molecule has 0 radical (unpaired) electrons. The van der Waals surface area contributed by atoms with E-state index in [0.29, 0.717) is 73.6 Å². The van der Waals surface area contributed by atoms with Crippen molar-refractivity contribution < 1.29 is 72.4 Å². The molecule has 2 saturated heterocycles. The minimum Gasteiger partial charge on any atom is -0.508 e. The molecule has 6 rings (SSSR count). The van der Waals surface area contributed by atoms with Crippen molar-refractivity contribution in [2.75, 3.05) is 52.0 Å². The van der Waals surface area contributed by atoms with Gasteiger partial charge in [0.1, 0.15) is 30.2 Å². The number of aliphatic hydroxyl groups is 1. The number of hydrogen-bond acceptors (Lipinski definition) is 19. The molecule has 2 fully saturated rings. The van der Waals surface area contributed by atoms with Gasteiger partial charge in [0.2, 0.25) is 29.5 Å². The number of ether oxygens (including phenoxy) is 3. The Hall–Kier alpha value is -7.66. The van der Waals surface area contributed by atoms with Crippen LogP contribution in [0.1, 0.15) is 126 Å². The lowest BCUT2D eigenvalue weighted by molar-refractivity contribution is -0.135. The second-order valence-electron chi connectivity index (χ2n) is 23.5. The lowest BCUT2D eigenvalue weighted by atomic mass is 9.88. The van der Waals surface area contributed by atoms with Gasteiger partial charge in [-0.05, 0) is 87.5 Å². The molecule has 9 atom stereocenters. The highest BCUT2D eigenvalue weighted by atomic mass is 32.2. The summed E-state index contributed by atoms with van der Waals surface area (Å²) in [5, 5.41) is 53.4. The van der Waals surface area contributed by atoms with Crippen molar-refractivity contribution >= 4 is 76.3 Å². The van der Waals surface area contributed by atoms with Gasteiger partial charge in [-0.25, -0.2) is 4.79 Å². The van der Waals surface area contributed by atoms with Gasteiger partial charge in [-0.3, -0.25) is 53.2 Å². The molecule has 1 unspecified atom stereocenters. The molecule has 3 aliphatic heterocycles. The number of benzene rings is 2. The number of aliphatic hydroxyl groups excluding tert-OH is 1. The number of nitrogens with one attached hydrogen (secondary N) is 7. The summed E-state index contributed by atoms with van der Waals surface area (Å²) in [5.74, 6) is -6.75. The van der Waals surface area contributed by atoms with E-state index in [2.05, 4.69) is 42.2 Å². The highest BCUT2D eigenvalue weighted by molar-refractivity contribution is 8.00. The lowest BCUT2D eigenvalue weighted by Gasteiger charge is -2.25. The van der Waals surface area contributed by atoms with E-state index in [1.165, 1.54) is 16.8 Å². The van der Waals surface area contributed by atoms with Gasteiger partial charge in [-0.2, -0.15) is 11.8 Å². The SMILES string of the molecule is N=C(N)CCCCC1NC(=O)[C@@H](Cc2ccccc2)CC(=O)[C@@H](Cc2ccc(O)cc2)NC(=O)[C@@H](CC(=O)COCCOCCOCCCC(=O)CCCC[C@H]2SC[C@H]3NC(=O)N[C@H]32)Cc2cn(nn2)CCCC[C@@H](C(N)=O)NC(=O)[C@@H](CO)NC(=O)CCC1=O. The number of phenolic OH excluding ortho intramolecular Hbond substituents is 1. The van der Waals surface area contributed by atoms with E-state index in [0.717, 1.165) is 25.0 Å². The summed E-state index contributed by atoms with van der Waals surface area (Å²) in [6, 6.07) is 9.94. The number of unbranched alkanes of at least 4 members (excludes halogenated alkanes) is 2. The Morgan fingerprint density at radius 3 is 2.08 bits per heavy atom. The number of nitrogens with zero attached hydrogens (tertiary/aromatic N) is 3. The third-order valence-electron chi connectivity index (χ3n) is 16.1. The van der Waals surface area contributed by atoms with Crippen molar-refractivity contribution in [3.63, 3.8) is 0 Å². The number of carbonyl (C=O) groups excluding carboxylic acids is 10. The molecule has 0 aliphatic carbocycles. The van der Waals surface area contributed by atoms with Crippen LogP contribution in [0.15, 0.2) is 60.8 Å². The Morgan fingerprint density at radius 2 is 1.34 bits per heavy atom. The van der Waals surface area contributed by atoms with E-state index in [-0.39, 0.29) is 120 Å². The maximum absolute atomic E-state index is 14.9. The zero-order valence-electron chi connectivity index (χ0n) is 51.6. The molecule has 7 amide bonds. The summed E-state index contributed by atoms with van der Waals surface area (Å²) in [5.41, 5.74) is 12.8. The predicted octanol–water partition coefficient (Wildman–Crippen LogP) is 1.73. The van der Waals surface area contributed by atoms with Crippen LogP contribution in [-0.4, -0.2) is 183 Å². The Kier molecular flexibility index (Phi) is 31.0. The fraction of sp³-hybridized carbons (Fsp3) is 0.603. The van der Waals surface area contributed by atoms with Crippen LogP contribution in [0, 0.1) is 17.2 Å². The van der Waals surface area contributed by atoms with Gasteiger partial charge in [0.05, 0.1) is 74.6 Å². The number of ketones is 4. The van der Waals surface area contributed by atoms with Crippen LogP contribution in [-0.2, 0) is 83.2 Å². The number of rotatable bonds is 30. The van der Waals surface area contributed by atoms with Gasteiger partial charge >= 0.3 is 6.03 Å². The van der Waals surface area contributed by atoms with Crippen LogP contribution in [0.5, 0.6) is 5.75 Å². The maximum Gasteiger partial charge on any atom is 0.315 e. The lowest BCUT2D eigenvalue weighted by Crippen LogP contribution is -2.54. The van der Waals surface area contributed by atoms with Crippen molar-refractivity contribution in [2.45, 2.75) is 176 Å². The van der Waals surface area contributed by atoms with Crippen molar-refractivity contribution in [1.82, 2.24) is 46.9 Å². The number of aryl methyl sites for hydroxylation is 1. The summed E-state index contributed by atoms with van der Waals surface area (Å²) in [6.45, 7) is 0.134. The van der Waals surface area contributed by atoms with Gasteiger partial charge in [0.25, 0.3) is 0 Å². The van der Waals surface area contributed by atoms with Gasteiger partial charge in [-0.15, -0.1) is 5.10 Å². The second-order valence-corrected chi connectivity index (χ2v) is 24.7. The number of carbonyl (C=O) groups is 10. The van der Waals surface area contributed by atoms with E-state index >= 15 is 0 Å². The standard InChI is InChI=1S/C63H90N12O15S/c64-56(65)18-7-5-15-48-53(80)23-24-57(82)67-51(37-76)62(86)69-49(59(66)83)16-8-9-25-75-36-44(73-74-75)33-43(61(85)70-50(32-41-19-21-46(78)22-20-41)54(81)35-42(60(84)68-48)31-40-11-2-1-3-12-40)34-47(79)38-90-30-29-89-28-27-88-26-10-14-45(77)13-4-6-17-55-58-52(39-91-55)71-63(87)72-58/h1-3,11-12,19-22,36,42-43,48-52,55,58,76,78H,4-10,13-18,23-35,37-39H2,(H3,64,65)(H2,66,83)(H,67,82)(H,68,84)(H,69,86)(H,70,85)(H2,71,72,87)/t42-,43+,48?,49-,50+,51+,52+,55+,58+/m0/s1. The minimum absolute atomic E-state index is 0.0217. The van der Waals surface area contributed by atoms with E-state index in [1.54, 1.807) is 48.7 Å². The quantitative estimate of drug-likeness (QED) is 0.0196. The number of aromatic hydroxyl groups is 1. The average molecular weight is 1290 g/mol. The molecule has 3 aromatic rings. The number of hydrogen-bond donors (Lipinski definition) is 11. The van der Waals surface area contributed by atoms with Gasteiger partial charge in [0, 0.05) is 87.6 Å². The third kappa shape index (κ3) is 26.2. The first-order valence-electron chi connectivity index (χ1n) is 31.5. The first-order valence-corrected chi connectivity index (χ1v) is 32.5. The molecular formula is C63H90N12O15S. The third-order valence-corrected chi connectivity index (χ3v) is 17.6. The van der Waals surface area contributed by atoms with Crippen LogP contribution < -0.4 is 43.4 Å². The summed E-state index contributed by atoms with van der Waals surface area (Å²) >= 11 is 1.86. The fourth-order valence-electron chi connectivity index (χ4n) is 11.1. The summed E-state index contributed by atoms with van der Waals surface area (Å²) in [4.78, 5) is 135. The van der Waals surface area contributed by atoms with Gasteiger partial charge < -0.3 is 67.8 Å². The van der Waals surface area contributed by atoms with Crippen molar-refractivity contribution in [1.29, 1.82) is 5.41 Å². The smallest absolute Gasteiger partial charge is 0.315 e. The van der Waals surface area contributed by atoms with Crippen LogP contribution in [0.25, 0.3) is 0 Å². The summed E-state index contributed by atoms with van der Waals surface area (Å²) in [7, 11) is 0. The largest absolute Gasteiger partial charge is 0.508 e. The number of amidine groups is 1. The normalized spacial score (nSPS) is 23.4. The molecule has 3 aliphatic rings. The molecule has 2 bridgehead atoms. The molecule has 2 aromatic carbocycles. The molecule has 0 saturated carbocycles. The molecule has 27 nitrogen and oxygen atoms in total. The number of Topliss-reactive ketones (excluding diaryl/α,β-unsaturated/α-hetero) is 4. The number of primary amides is 1. The topological polar surface area (TPSA) is 418 Å². The molecule has 28 heteroatoms. The van der Waals surface area contributed by atoms with E-state index in [4.69, 9.17) is 31.1 Å². The molecule has 4 heterocycles. The zero-order chi connectivity index (χ0) is 65.5. The Labute approximate surface area is 534 Å². The van der Waals surface area contributed by atoms with Crippen molar-refractivity contribution in [2.24, 2.45) is 23.3 Å². The number of aromatic nitrogens is 3. The zero-order valence-corrected chi connectivity index (χ0v) is 52.4. The van der Waals surface area contributed by atoms with E-state index < -0.39 is 109 Å². The number of amides is 7. The van der Waals surface area contributed by atoms with E-state index in [9.17, 15) is 58.2 Å². The Balaban J connectivity index is 1.11. The average Bonchev–Trinajstić information content (AvgIpc) is 2.65. The molecule has 13 N–H and O–H groups in total. The number of urea groups is 1. The number of phenols is 1. The minimum atomic E-state index is -1.51. The number of nitrogens with two attached hydrogens (primary N) is 2. The number of thioether (sulfide) groups is 1. The van der Waals surface area contributed by atoms with Crippen LogP contribution >= 0.6 is 11.8 Å². The van der Waals surface area contributed by atoms with E-state index in [1.807, 2.05) is 11.8 Å². The highest BCUT2D eigenvalue weighted by Gasteiger charge is 2.42. The fourth-order valence-corrected chi connectivity index (χ4v) is 12.6. The molecule has 0 spiro atoms. The summed E-state index contributed by atoms with van der Waals surface area (Å²) in [6.07, 6.45) is 5.77. The summed E-state index contributed by atoms with van der Waals surface area (Å²) < 4.78 is 18.5. The second kappa shape index (κ2) is 38.9. The van der Waals surface area contributed by atoms with Gasteiger partial charge in [-0.1, -0.05) is 60.5 Å². The van der Waals surface area contributed by atoms with Gasteiger partial charge in [0.15, 0.2) is 17.3 Å². The predicted molar refractivity (Wildman–Crippen MR) is 335 cm³/mol. The van der Waals surface area contributed by atoms with Crippen LogP contribution in [0.2, 0.25) is 0 Å². The molecule has 498 valence electrons. The highest BCUT2D eigenvalue weighted by Crippen LogP contribution is 2.33. The molecule has 1 aromatic heterocycles. The Bertz CT molecular complexity index is 2900. The first-order chi connectivity index (χ1) is 43.8. The van der Waals surface area contributed by atoms with Crippen molar-refractivity contribution in [3.8, 4) is 5.75 Å².